The highest BCUT2D eigenvalue weighted by atomic mass is 32.2. The minimum atomic E-state index is -3.72. The summed E-state index contributed by atoms with van der Waals surface area (Å²) in [6.45, 7) is 1.20. The van der Waals surface area contributed by atoms with Crippen molar-refractivity contribution in [3.05, 3.63) is 72.0 Å². The fourth-order valence-corrected chi connectivity index (χ4v) is 6.38. The number of halogens is 1. The van der Waals surface area contributed by atoms with Gasteiger partial charge >= 0.3 is 5.97 Å². The van der Waals surface area contributed by atoms with Crippen LogP contribution in [0.2, 0.25) is 0 Å². The summed E-state index contributed by atoms with van der Waals surface area (Å²) in [5.41, 5.74) is 1.35. The Morgan fingerprint density at radius 3 is 2.32 bits per heavy atom. The first kappa shape index (κ1) is 24.3. The largest absolute Gasteiger partial charge is 0.465 e. The first-order chi connectivity index (χ1) is 16.3. The van der Waals surface area contributed by atoms with Crippen LogP contribution in [-0.2, 0) is 14.8 Å². The van der Waals surface area contributed by atoms with Gasteiger partial charge in [-0.25, -0.2) is 17.6 Å². The first-order valence-electron chi connectivity index (χ1n) is 10.4. The van der Waals surface area contributed by atoms with Gasteiger partial charge in [-0.2, -0.15) is 4.31 Å². The molecule has 1 saturated heterocycles. The maximum atomic E-state index is 13.2. The molecule has 11 heteroatoms. The average molecular weight is 520 g/mol. The number of anilines is 1. The van der Waals surface area contributed by atoms with E-state index in [0.717, 1.165) is 22.6 Å². The van der Waals surface area contributed by atoms with Gasteiger partial charge in [0.05, 0.1) is 17.6 Å². The molecule has 1 aromatic heterocycles. The highest BCUT2D eigenvalue weighted by molar-refractivity contribution is 7.89. The molecule has 0 atom stereocenters. The van der Waals surface area contributed by atoms with Gasteiger partial charge in [-0.05, 0) is 48.1 Å². The molecule has 7 nitrogen and oxygen atoms in total. The molecule has 0 saturated carbocycles. The first-order valence-corrected chi connectivity index (χ1v) is 13.1. The molecule has 0 radical (unpaired) electrons. The predicted octanol–water partition coefficient (Wildman–Crippen LogP) is 4.04. The van der Waals surface area contributed by atoms with Crippen molar-refractivity contribution in [1.29, 1.82) is 0 Å². The van der Waals surface area contributed by atoms with E-state index in [1.54, 1.807) is 6.07 Å². The van der Waals surface area contributed by atoms with Crippen LogP contribution >= 0.6 is 23.6 Å². The lowest BCUT2D eigenvalue weighted by Crippen LogP contribution is -2.51. The molecule has 0 amide bonds. The average Bonchev–Trinajstić information content (AvgIpc) is 3.28. The fraction of sp³-hybridized carbons (Fsp3) is 0.217. The predicted molar refractivity (Wildman–Crippen MR) is 134 cm³/mol. The van der Waals surface area contributed by atoms with Crippen LogP contribution in [-0.4, -0.2) is 62.0 Å². The molecule has 178 valence electrons. The fourth-order valence-electron chi connectivity index (χ4n) is 3.55. The van der Waals surface area contributed by atoms with Crippen molar-refractivity contribution >= 4 is 49.7 Å². The summed E-state index contributed by atoms with van der Waals surface area (Å²) in [6, 6.07) is 16.2. The monoisotopic (exact) mass is 519 g/mol. The molecule has 2 heterocycles. The highest BCUT2D eigenvalue weighted by Crippen LogP contribution is 2.36. The molecule has 3 aromatic rings. The van der Waals surface area contributed by atoms with Crippen LogP contribution in [0.5, 0.6) is 0 Å². The smallest absolute Gasteiger partial charge is 0.340 e. The molecule has 1 fully saturated rings. The quantitative estimate of drug-likeness (QED) is 0.403. The molecular formula is C23H22FN3O4S3. The summed E-state index contributed by atoms with van der Waals surface area (Å²) >= 11 is 6.95. The van der Waals surface area contributed by atoms with E-state index in [2.05, 4.69) is 5.32 Å². The Labute approximate surface area is 206 Å². The SMILES string of the molecule is COC(=O)c1cc(-c2ccccc2)sc1NC(=S)N1CCN(S(=O)(=O)c2ccc(F)cc2)CC1. The van der Waals surface area contributed by atoms with Crippen molar-refractivity contribution in [1.82, 2.24) is 9.21 Å². The molecule has 2 aromatic carbocycles. The third kappa shape index (κ3) is 5.12. The Hall–Kier alpha value is -2.86. The number of hydrogen-bond acceptors (Lipinski definition) is 6. The van der Waals surface area contributed by atoms with E-state index in [0.29, 0.717) is 28.8 Å². The normalized spacial score (nSPS) is 14.6. The van der Waals surface area contributed by atoms with E-state index in [1.165, 1.54) is 34.9 Å². The topological polar surface area (TPSA) is 79.0 Å². The lowest BCUT2D eigenvalue weighted by Gasteiger charge is -2.35. The maximum absolute atomic E-state index is 13.2. The molecule has 0 bridgehead atoms. The van der Waals surface area contributed by atoms with Gasteiger partial charge in [0.1, 0.15) is 10.8 Å². The summed E-state index contributed by atoms with van der Waals surface area (Å²) in [5, 5.41) is 4.10. The molecule has 0 unspecified atom stereocenters. The van der Waals surface area contributed by atoms with Crippen molar-refractivity contribution < 1.29 is 22.3 Å². The van der Waals surface area contributed by atoms with E-state index in [4.69, 9.17) is 17.0 Å². The van der Waals surface area contributed by atoms with Gasteiger partial charge in [-0.1, -0.05) is 30.3 Å². The van der Waals surface area contributed by atoms with Crippen LogP contribution in [0.1, 0.15) is 10.4 Å². The van der Waals surface area contributed by atoms with E-state index < -0.39 is 21.8 Å². The molecule has 0 aliphatic carbocycles. The van der Waals surface area contributed by atoms with Gasteiger partial charge in [-0.15, -0.1) is 11.3 Å². The van der Waals surface area contributed by atoms with Crippen LogP contribution in [0.4, 0.5) is 9.39 Å². The highest BCUT2D eigenvalue weighted by Gasteiger charge is 2.30. The van der Waals surface area contributed by atoms with Crippen molar-refractivity contribution in [2.45, 2.75) is 4.90 Å². The minimum absolute atomic E-state index is 0.0535. The zero-order valence-electron chi connectivity index (χ0n) is 18.2. The second kappa shape index (κ2) is 10.2. The van der Waals surface area contributed by atoms with Gasteiger partial charge < -0.3 is 15.0 Å². The molecule has 0 spiro atoms. The number of nitrogens with one attached hydrogen (secondary N) is 1. The Morgan fingerprint density at radius 1 is 1.06 bits per heavy atom. The Kier molecular flexibility index (Phi) is 7.27. The van der Waals surface area contributed by atoms with E-state index in [9.17, 15) is 17.6 Å². The second-order valence-electron chi connectivity index (χ2n) is 7.49. The Morgan fingerprint density at radius 2 is 1.71 bits per heavy atom. The van der Waals surface area contributed by atoms with Gasteiger partial charge in [0, 0.05) is 31.1 Å². The standard InChI is InChI=1S/C23H22FN3O4S3/c1-31-22(28)19-15-20(16-5-3-2-4-6-16)33-21(19)25-23(32)26-11-13-27(14-12-26)34(29,30)18-9-7-17(24)8-10-18/h2-10,15H,11-14H2,1H3,(H,25,32). The van der Waals surface area contributed by atoms with Crippen LogP contribution in [0.15, 0.2) is 65.6 Å². The third-order valence-electron chi connectivity index (χ3n) is 5.39. The van der Waals surface area contributed by atoms with E-state index >= 15 is 0 Å². The molecule has 1 N–H and O–H groups in total. The van der Waals surface area contributed by atoms with E-state index in [-0.39, 0.29) is 18.0 Å². The number of sulfonamides is 1. The minimum Gasteiger partial charge on any atom is -0.465 e. The Bertz CT molecular complexity index is 1290. The molecule has 4 rings (SSSR count). The van der Waals surface area contributed by atoms with Crippen LogP contribution < -0.4 is 5.32 Å². The second-order valence-corrected chi connectivity index (χ2v) is 10.9. The summed E-state index contributed by atoms with van der Waals surface area (Å²) < 4.78 is 45.1. The van der Waals surface area contributed by atoms with Crippen molar-refractivity contribution in [2.24, 2.45) is 0 Å². The van der Waals surface area contributed by atoms with Gasteiger partial charge in [0.15, 0.2) is 5.11 Å². The van der Waals surface area contributed by atoms with Crippen LogP contribution in [0.3, 0.4) is 0 Å². The van der Waals surface area contributed by atoms with E-state index in [1.807, 2.05) is 35.2 Å². The lowest BCUT2D eigenvalue weighted by molar-refractivity contribution is 0.0602. The van der Waals surface area contributed by atoms with Crippen molar-refractivity contribution in [3.63, 3.8) is 0 Å². The molecule has 34 heavy (non-hydrogen) atoms. The third-order valence-corrected chi connectivity index (χ3v) is 8.77. The Balaban J connectivity index is 1.45. The summed E-state index contributed by atoms with van der Waals surface area (Å²) in [4.78, 5) is 15.1. The number of esters is 1. The van der Waals surface area contributed by atoms with Crippen molar-refractivity contribution in [3.8, 4) is 10.4 Å². The van der Waals surface area contributed by atoms with Gasteiger partial charge in [-0.3, -0.25) is 0 Å². The summed E-state index contributed by atoms with van der Waals surface area (Å²) in [6.07, 6.45) is 0. The molecule has 1 aliphatic heterocycles. The van der Waals surface area contributed by atoms with Gasteiger partial charge in [0.25, 0.3) is 0 Å². The van der Waals surface area contributed by atoms with Crippen LogP contribution in [0.25, 0.3) is 10.4 Å². The molecule has 1 aliphatic rings. The number of thiophene rings is 1. The number of piperazine rings is 1. The number of thiocarbonyl (C=S) groups is 1. The summed E-state index contributed by atoms with van der Waals surface area (Å²) in [7, 11) is -2.39. The summed E-state index contributed by atoms with van der Waals surface area (Å²) in [5.74, 6) is -0.963. The zero-order chi connectivity index (χ0) is 24.3. The number of ether oxygens (including phenoxy) is 1. The number of rotatable bonds is 5. The molecular weight excluding hydrogens is 497 g/mol. The van der Waals surface area contributed by atoms with Crippen LogP contribution in [0, 0.1) is 5.82 Å². The van der Waals surface area contributed by atoms with Gasteiger partial charge in [0.2, 0.25) is 10.0 Å². The number of carbonyl (C=O) groups is 1. The lowest BCUT2D eigenvalue weighted by atomic mass is 10.1. The number of carbonyl (C=O) groups excluding carboxylic acids is 1. The maximum Gasteiger partial charge on any atom is 0.340 e. The number of hydrogen-bond donors (Lipinski definition) is 1. The number of benzene rings is 2. The number of methoxy groups -OCH3 is 1. The number of nitrogens with zero attached hydrogens (tertiary/aromatic N) is 2. The van der Waals surface area contributed by atoms with Crippen molar-refractivity contribution in [2.75, 3.05) is 38.6 Å². The zero-order valence-corrected chi connectivity index (χ0v) is 20.7.